The smallest absolute Gasteiger partial charge is 0.246 e. The van der Waals surface area contributed by atoms with Crippen LogP contribution in [0.2, 0.25) is 0 Å². The third kappa shape index (κ3) is 22.7. The molecule has 0 aromatic rings. The molecule has 11 amide bonds. The molecule has 1 aliphatic rings. The predicted molar refractivity (Wildman–Crippen MR) is 331 cm³/mol. The van der Waals surface area contributed by atoms with Gasteiger partial charge in [-0.1, -0.05) is 81.4 Å². The molecule has 0 aliphatic carbocycles. The second-order valence-corrected chi connectivity index (χ2v) is 26.9. The van der Waals surface area contributed by atoms with E-state index in [0.717, 1.165) is 19.6 Å². The highest BCUT2D eigenvalue weighted by Crippen LogP contribution is 2.26. The Bertz CT molecular complexity index is 2420. The van der Waals surface area contributed by atoms with Crippen LogP contribution in [-0.2, 0) is 52.7 Å². The molecular formula is C62H111N11O14. The zero-order valence-electron chi connectivity index (χ0n) is 56.8. The number of carbonyl (C=O) groups is 11. The quantitative estimate of drug-likeness (QED) is 0.114. The summed E-state index contributed by atoms with van der Waals surface area (Å²) in [5, 5.41) is 44.9. The van der Waals surface area contributed by atoms with Crippen molar-refractivity contribution >= 4 is 65.0 Å². The van der Waals surface area contributed by atoms with Crippen LogP contribution < -0.4 is 21.3 Å². The topological polar surface area (TPSA) is 319 Å². The summed E-state index contributed by atoms with van der Waals surface area (Å²) >= 11 is 0. The zero-order valence-corrected chi connectivity index (χ0v) is 56.8. The molecule has 0 saturated carbocycles. The number of nitrogens with zero attached hydrogens (tertiary/aromatic N) is 7. The highest BCUT2D eigenvalue weighted by atomic mass is 16.3. The molecule has 0 aromatic carbocycles. The second-order valence-electron chi connectivity index (χ2n) is 26.9. The Labute approximate surface area is 518 Å². The molecule has 0 aromatic heterocycles. The molecule has 0 unspecified atom stereocenters. The number of carbonyl (C=O) groups excluding carboxylic acids is 11. The molecule has 0 radical (unpaired) electrons. The first kappa shape index (κ1) is 78.8. The van der Waals surface area contributed by atoms with E-state index in [0.29, 0.717) is 0 Å². The molecule has 1 rings (SSSR count). The molecule has 7 N–H and O–H groups in total. The molecule has 12 atom stereocenters. The van der Waals surface area contributed by atoms with Gasteiger partial charge in [-0.25, -0.2) is 0 Å². The van der Waals surface area contributed by atoms with E-state index in [1.54, 1.807) is 60.6 Å². The van der Waals surface area contributed by atoms with E-state index < -0.39 is 167 Å². The van der Waals surface area contributed by atoms with Crippen molar-refractivity contribution in [2.24, 2.45) is 29.6 Å². The Morgan fingerprint density at radius 2 is 0.931 bits per heavy atom. The van der Waals surface area contributed by atoms with E-state index in [1.807, 2.05) is 27.7 Å². The van der Waals surface area contributed by atoms with E-state index in [-0.39, 0.29) is 50.4 Å². The van der Waals surface area contributed by atoms with Crippen LogP contribution in [-0.4, -0.2) is 248 Å². The van der Waals surface area contributed by atoms with Gasteiger partial charge in [0.1, 0.15) is 60.4 Å². The number of likely N-dealkylation sites (N-methyl/N-ethyl adjacent to an activating group) is 7. The molecular weight excluding hydrogens is 1120 g/mol. The average Bonchev–Trinajstić information content (AvgIpc) is 1.18. The lowest BCUT2D eigenvalue weighted by atomic mass is 9.91. The predicted octanol–water partition coefficient (Wildman–Crippen LogP) is 1.50. The molecule has 1 aliphatic heterocycles. The number of nitrogens with one attached hydrogen (secondary N) is 4. The summed E-state index contributed by atoms with van der Waals surface area (Å²) in [6.45, 7) is 26.9. The number of amides is 11. The van der Waals surface area contributed by atoms with Crippen LogP contribution in [0.3, 0.4) is 0 Å². The van der Waals surface area contributed by atoms with Gasteiger partial charge in [0.25, 0.3) is 0 Å². The van der Waals surface area contributed by atoms with E-state index in [9.17, 15) is 58.5 Å². The van der Waals surface area contributed by atoms with Crippen LogP contribution in [0, 0.1) is 29.6 Å². The number of aliphatic hydroxyl groups is 3. The van der Waals surface area contributed by atoms with Crippen molar-refractivity contribution in [2.45, 2.75) is 234 Å². The van der Waals surface area contributed by atoms with Crippen LogP contribution in [0.5, 0.6) is 0 Å². The summed E-state index contributed by atoms with van der Waals surface area (Å²) < 4.78 is 0. The van der Waals surface area contributed by atoms with Crippen molar-refractivity contribution in [3.63, 3.8) is 0 Å². The summed E-state index contributed by atoms with van der Waals surface area (Å²) in [7, 11) is 9.46. The Morgan fingerprint density at radius 1 is 0.506 bits per heavy atom. The summed E-state index contributed by atoms with van der Waals surface area (Å²) in [5.41, 5.74) is -3.16. The van der Waals surface area contributed by atoms with Gasteiger partial charge in [0, 0.05) is 62.2 Å². The molecule has 25 nitrogen and oxygen atoms in total. The first-order valence-corrected chi connectivity index (χ1v) is 30.6. The maximum Gasteiger partial charge on any atom is 0.246 e. The molecule has 87 heavy (non-hydrogen) atoms. The minimum atomic E-state index is -1.65. The van der Waals surface area contributed by atoms with Gasteiger partial charge in [-0.15, -0.1) is 0 Å². The maximum atomic E-state index is 15.1. The monoisotopic (exact) mass is 1230 g/mol. The van der Waals surface area contributed by atoms with Gasteiger partial charge in [-0.3, -0.25) is 52.7 Å². The summed E-state index contributed by atoms with van der Waals surface area (Å²) in [5.74, 6) is -10.8. The van der Waals surface area contributed by atoms with E-state index in [2.05, 4.69) is 21.3 Å². The van der Waals surface area contributed by atoms with Gasteiger partial charge in [0.15, 0.2) is 0 Å². The van der Waals surface area contributed by atoms with Crippen molar-refractivity contribution in [1.29, 1.82) is 0 Å². The number of hydrogen-bond acceptors (Lipinski definition) is 14. The van der Waals surface area contributed by atoms with Crippen LogP contribution in [0.4, 0.5) is 0 Å². The van der Waals surface area contributed by atoms with Crippen molar-refractivity contribution in [3.8, 4) is 0 Å². The fraction of sp³-hybridized carbons (Fsp3) is 0.790. The molecule has 25 heteroatoms. The second kappa shape index (κ2) is 33.9. The molecule has 0 spiro atoms. The Balaban J connectivity index is 4.38. The normalized spacial score (nSPS) is 26.8. The largest absolute Gasteiger partial charge is 0.390 e. The van der Waals surface area contributed by atoms with E-state index >= 15 is 9.59 Å². The summed E-state index contributed by atoms with van der Waals surface area (Å²) in [4.78, 5) is 168. The van der Waals surface area contributed by atoms with Crippen LogP contribution >= 0.6 is 0 Å². The van der Waals surface area contributed by atoms with Crippen molar-refractivity contribution in [2.75, 3.05) is 55.9 Å². The molecule has 1 saturated heterocycles. The van der Waals surface area contributed by atoms with Crippen LogP contribution in [0.25, 0.3) is 0 Å². The minimum Gasteiger partial charge on any atom is -0.390 e. The fourth-order valence-electron chi connectivity index (χ4n) is 10.7. The lowest BCUT2D eigenvalue weighted by Crippen LogP contribution is -2.63. The molecule has 1 heterocycles. The van der Waals surface area contributed by atoms with Gasteiger partial charge in [-0.2, -0.15) is 0 Å². The van der Waals surface area contributed by atoms with Crippen molar-refractivity contribution in [3.05, 3.63) is 12.2 Å². The summed E-state index contributed by atoms with van der Waals surface area (Å²) in [6, 6.07) is -13.6. The molecule has 0 bridgehead atoms. The Morgan fingerprint density at radius 3 is 1.37 bits per heavy atom. The molecule has 1 fully saturated rings. The lowest BCUT2D eigenvalue weighted by Gasteiger charge is -2.41. The van der Waals surface area contributed by atoms with Crippen molar-refractivity contribution < 1.29 is 68.1 Å². The van der Waals surface area contributed by atoms with Gasteiger partial charge >= 0.3 is 0 Å². The lowest BCUT2D eigenvalue weighted by molar-refractivity contribution is -0.157. The summed E-state index contributed by atoms with van der Waals surface area (Å²) in [6.07, 6.45) is 1.80. The molecule has 498 valence electrons. The number of allylic oxidation sites excluding steroid dienone is 2. The van der Waals surface area contributed by atoms with E-state index in [4.69, 9.17) is 0 Å². The number of aliphatic hydroxyl groups excluding tert-OH is 1. The van der Waals surface area contributed by atoms with Crippen LogP contribution in [0.15, 0.2) is 12.2 Å². The third-order valence-electron chi connectivity index (χ3n) is 16.1. The number of hydrogen-bond donors (Lipinski definition) is 7. The minimum absolute atomic E-state index is 0.0287. The zero-order chi connectivity index (χ0) is 67.8. The maximum absolute atomic E-state index is 15.1. The Hall–Kier alpha value is -6.21. The highest BCUT2D eigenvalue weighted by Gasteiger charge is 2.46. The van der Waals surface area contributed by atoms with Gasteiger partial charge in [0.05, 0.1) is 23.9 Å². The van der Waals surface area contributed by atoms with Gasteiger partial charge in [0.2, 0.25) is 65.0 Å². The SMILES string of the molecule is C/C=C/C[C@@H](C)[C@@H](O)[C@H]1C(=O)N[C@@H](CC)C(=O)N(C)CC(=O)N(C)[C@@H](CC(C)(C)O)C(=O)N[C@@H](C(C)C)C(=O)N(C)[C@@H](CC(C)(C)O)C(=O)N[C@@H](C)C(=O)N[C@H](C)C(=O)N(C)[C@@H](CC(C)C)C(=O)N(C)[C@@H](CC(C)C)C(=O)N(C)[C@@H](C(C)C)C(=O)N1C. The standard InChI is InChI=1S/C62H111N11O14/c1-25-27-28-38(11)50(75)49-54(79)65-41(26-2)56(81)67(18)33-46(74)68(19)44(31-61(14,15)86)53(78)66-47(36(7)8)59(84)71(22)45(32-62(16,17)87)52(77)63-39(12)51(76)64-40(13)55(80)69(20)42(29-34(3)4)57(82)70(21)43(30-35(5)6)58(83)72(23)48(37(9)10)60(85)73(49)24/h25,27,34-45,47-50,75,86-87H,26,28-33H2,1-24H3,(H,63,77)(H,64,76)(H,65,79)(H,66,78)/b27-25+/t38-,39+,40-,41+,42+,43+,44+,45+,47+,48+,49+,50-/m1/s1. The first-order chi connectivity index (χ1) is 39.8. The van der Waals surface area contributed by atoms with Gasteiger partial charge in [-0.05, 0) is 104 Å². The highest BCUT2D eigenvalue weighted by molar-refractivity contribution is 5.99. The third-order valence-corrected chi connectivity index (χ3v) is 16.1. The fourth-order valence-corrected chi connectivity index (χ4v) is 10.7. The van der Waals surface area contributed by atoms with Gasteiger partial charge < -0.3 is 70.9 Å². The average molecular weight is 1230 g/mol. The Kier molecular flexibility index (Phi) is 30.8. The van der Waals surface area contributed by atoms with Crippen LogP contribution in [0.1, 0.15) is 156 Å². The number of rotatable bonds is 15. The first-order valence-electron chi connectivity index (χ1n) is 30.6. The van der Waals surface area contributed by atoms with E-state index in [1.165, 1.54) is 106 Å². The van der Waals surface area contributed by atoms with Crippen molar-refractivity contribution in [1.82, 2.24) is 55.6 Å².